The van der Waals surface area contributed by atoms with Crippen LogP contribution in [0.5, 0.6) is 5.88 Å². The Hall–Kier alpha value is -2.60. The van der Waals surface area contributed by atoms with Crippen molar-refractivity contribution < 1.29 is 18.3 Å². The van der Waals surface area contributed by atoms with E-state index in [-0.39, 0.29) is 29.5 Å². The average Bonchev–Trinajstić information content (AvgIpc) is 2.88. The lowest BCUT2D eigenvalue weighted by atomic mass is 9.93. The van der Waals surface area contributed by atoms with E-state index in [1.807, 2.05) is 25.5 Å². The molecule has 0 radical (unpaired) electrons. The highest BCUT2D eigenvalue weighted by atomic mass is 32.2. The zero-order chi connectivity index (χ0) is 20.9. The lowest BCUT2D eigenvalue weighted by Crippen LogP contribution is -2.42. The highest BCUT2D eigenvalue weighted by Crippen LogP contribution is 2.26. The molecule has 2 aromatic rings. The number of nitrogens with zero attached hydrogens (tertiary/aromatic N) is 3. The summed E-state index contributed by atoms with van der Waals surface area (Å²) in [5.41, 5.74) is -1.48. The maximum absolute atomic E-state index is 12.8. The molecule has 0 aromatic carbocycles. The third-order valence-electron chi connectivity index (χ3n) is 4.40. The standard InChI is InChI=1S/C16H24N6O5S/c1-16(2,3)8-21-11-7-10(20-28(17,26)27)19-22(11)15(25)12(14(21)24)13(23)18-9-5-4-6-9/h7,9,24H,4-6,8H2,1-3H3,(H,18,23)(H,19,20)(H2,17,26,27). The molecule has 28 heavy (non-hydrogen) atoms. The van der Waals surface area contributed by atoms with Crippen LogP contribution in [0.3, 0.4) is 0 Å². The van der Waals surface area contributed by atoms with Gasteiger partial charge in [0.05, 0.1) is 0 Å². The zero-order valence-corrected chi connectivity index (χ0v) is 16.7. The highest BCUT2D eigenvalue weighted by molar-refractivity contribution is 7.90. The van der Waals surface area contributed by atoms with E-state index in [4.69, 9.17) is 5.14 Å². The summed E-state index contributed by atoms with van der Waals surface area (Å²) in [7, 11) is -4.11. The molecule has 1 aliphatic rings. The number of aromatic hydroxyl groups is 1. The Morgan fingerprint density at radius 3 is 2.54 bits per heavy atom. The summed E-state index contributed by atoms with van der Waals surface area (Å²) in [6.07, 6.45) is 2.62. The first-order valence-corrected chi connectivity index (χ1v) is 10.4. The van der Waals surface area contributed by atoms with E-state index < -0.39 is 33.1 Å². The number of carbonyl (C=O) groups is 1. The molecule has 0 aliphatic heterocycles. The first kappa shape index (κ1) is 20.1. The fraction of sp³-hybridized carbons (Fsp3) is 0.562. The van der Waals surface area contributed by atoms with Crippen LogP contribution in [0.1, 0.15) is 50.4 Å². The molecule has 12 heteroatoms. The quantitative estimate of drug-likeness (QED) is 0.546. The van der Waals surface area contributed by atoms with E-state index in [9.17, 15) is 23.1 Å². The van der Waals surface area contributed by atoms with E-state index in [0.717, 1.165) is 23.8 Å². The third kappa shape index (κ3) is 4.12. The summed E-state index contributed by atoms with van der Waals surface area (Å²) < 4.78 is 26.8. The molecule has 11 nitrogen and oxygen atoms in total. The number of nitrogens with one attached hydrogen (secondary N) is 2. The Balaban J connectivity index is 2.19. The largest absolute Gasteiger partial charge is 0.494 e. The number of nitrogens with two attached hydrogens (primary N) is 1. The van der Waals surface area contributed by atoms with Crippen molar-refractivity contribution >= 4 is 27.6 Å². The molecule has 1 saturated carbocycles. The number of rotatable bonds is 5. The second-order valence-electron chi connectivity index (χ2n) is 8.20. The fourth-order valence-corrected chi connectivity index (χ4v) is 3.38. The molecule has 2 aromatic heterocycles. The summed E-state index contributed by atoms with van der Waals surface area (Å²) in [6, 6.07) is 1.24. The van der Waals surface area contributed by atoms with Crippen LogP contribution in [-0.4, -0.2) is 39.7 Å². The van der Waals surface area contributed by atoms with E-state index in [2.05, 4.69) is 10.4 Å². The first-order valence-electron chi connectivity index (χ1n) is 8.83. The minimum Gasteiger partial charge on any atom is -0.494 e. The van der Waals surface area contributed by atoms with Crippen LogP contribution in [0.15, 0.2) is 10.9 Å². The molecule has 1 aliphatic carbocycles. The van der Waals surface area contributed by atoms with Crippen molar-refractivity contribution in [2.75, 3.05) is 4.72 Å². The molecular weight excluding hydrogens is 388 g/mol. The Morgan fingerprint density at radius 1 is 1.39 bits per heavy atom. The van der Waals surface area contributed by atoms with Gasteiger partial charge in [0.25, 0.3) is 21.7 Å². The summed E-state index contributed by atoms with van der Waals surface area (Å²) in [4.78, 5) is 25.5. The average molecular weight is 412 g/mol. The number of anilines is 1. The van der Waals surface area contributed by atoms with Crippen molar-refractivity contribution in [3.63, 3.8) is 0 Å². The predicted octanol–water partition coefficient (Wildman–Crippen LogP) is 0.145. The summed E-state index contributed by atoms with van der Waals surface area (Å²) in [5, 5.41) is 22.3. The molecule has 0 unspecified atom stereocenters. The van der Waals surface area contributed by atoms with Gasteiger partial charge in [-0.1, -0.05) is 20.8 Å². The summed E-state index contributed by atoms with van der Waals surface area (Å²) in [5.74, 6) is -1.38. The SMILES string of the molecule is CC(C)(C)Cn1c(O)c(C(=O)NC2CCC2)c(=O)n2nc(NS(N)(=O)=O)cc12. The molecular formula is C16H24N6O5S. The second-order valence-corrected chi connectivity index (χ2v) is 9.49. The van der Waals surface area contributed by atoms with Crippen LogP contribution in [0.2, 0.25) is 0 Å². The molecule has 3 rings (SSSR count). The van der Waals surface area contributed by atoms with Gasteiger partial charge < -0.3 is 10.4 Å². The number of aromatic nitrogens is 3. The van der Waals surface area contributed by atoms with Crippen molar-refractivity contribution in [1.82, 2.24) is 19.5 Å². The molecule has 5 N–H and O–H groups in total. The molecule has 0 bridgehead atoms. The minimum absolute atomic E-state index is 0.0321. The van der Waals surface area contributed by atoms with Gasteiger partial charge in [-0.05, 0) is 24.7 Å². The van der Waals surface area contributed by atoms with Gasteiger partial charge in [0.1, 0.15) is 5.65 Å². The van der Waals surface area contributed by atoms with Crippen LogP contribution >= 0.6 is 0 Å². The van der Waals surface area contributed by atoms with Crippen LogP contribution in [0.25, 0.3) is 5.65 Å². The number of carbonyl (C=O) groups excluding carboxylic acids is 1. The minimum atomic E-state index is -4.11. The van der Waals surface area contributed by atoms with Crippen molar-refractivity contribution in [2.45, 2.75) is 52.6 Å². The van der Waals surface area contributed by atoms with Crippen molar-refractivity contribution in [3.05, 3.63) is 22.0 Å². The molecule has 1 amide bonds. The smallest absolute Gasteiger partial charge is 0.297 e. The van der Waals surface area contributed by atoms with E-state index in [1.165, 1.54) is 10.6 Å². The summed E-state index contributed by atoms with van der Waals surface area (Å²) in [6.45, 7) is 5.98. The Morgan fingerprint density at radius 2 is 2.04 bits per heavy atom. The third-order valence-corrected chi connectivity index (χ3v) is 4.89. The van der Waals surface area contributed by atoms with Gasteiger partial charge in [-0.2, -0.15) is 12.9 Å². The molecule has 154 valence electrons. The van der Waals surface area contributed by atoms with Crippen molar-refractivity contribution in [3.8, 4) is 5.88 Å². The Bertz CT molecular complexity index is 1090. The Labute approximate surface area is 161 Å². The fourth-order valence-electron chi connectivity index (χ4n) is 2.99. The van der Waals surface area contributed by atoms with E-state index >= 15 is 0 Å². The van der Waals surface area contributed by atoms with E-state index in [1.54, 1.807) is 0 Å². The van der Waals surface area contributed by atoms with Gasteiger partial charge >= 0.3 is 0 Å². The molecule has 0 spiro atoms. The van der Waals surface area contributed by atoms with Crippen molar-refractivity contribution in [2.24, 2.45) is 10.6 Å². The first-order chi connectivity index (χ1) is 12.9. The van der Waals surface area contributed by atoms with Crippen molar-refractivity contribution in [1.29, 1.82) is 0 Å². The maximum atomic E-state index is 12.8. The molecule has 0 saturated heterocycles. The topological polar surface area (TPSA) is 161 Å². The van der Waals surface area contributed by atoms with Crippen LogP contribution in [0.4, 0.5) is 5.82 Å². The van der Waals surface area contributed by atoms with E-state index in [0.29, 0.717) is 0 Å². The van der Waals surface area contributed by atoms with Gasteiger partial charge in [0, 0.05) is 18.7 Å². The monoisotopic (exact) mass is 412 g/mol. The van der Waals surface area contributed by atoms with Crippen LogP contribution in [0, 0.1) is 5.41 Å². The maximum Gasteiger partial charge on any atom is 0.297 e. The van der Waals surface area contributed by atoms with Gasteiger partial charge in [0.2, 0.25) is 5.88 Å². The molecule has 0 atom stereocenters. The van der Waals surface area contributed by atoms with Crippen LogP contribution in [-0.2, 0) is 16.8 Å². The molecule has 2 heterocycles. The predicted molar refractivity (Wildman–Crippen MR) is 102 cm³/mol. The van der Waals surface area contributed by atoms with Gasteiger partial charge in [-0.25, -0.2) is 5.14 Å². The molecule has 1 fully saturated rings. The Kier molecular flexibility index (Phi) is 4.88. The number of hydrogen-bond donors (Lipinski definition) is 4. The normalized spacial score (nSPS) is 15.4. The lowest BCUT2D eigenvalue weighted by Gasteiger charge is -2.27. The van der Waals surface area contributed by atoms with Crippen LogP contribution < -0.4 is 20.7 Å². The number of fused-ring (bicyclic) bond motifs is 1. The lowest BCUT2D eigenvalue weighted by molar-refractivity contribution is 0.0910. The highest BCUT2D eigenvalue weighted by Gasteiger charge is 2.29. The zero-order valence-electron chi connectivity index (χ0n) is 15.9. The second kappa shape index (κ2) is 6.78. The van der Waals surface area contributed by atoms with Gasteiger partial charge in [0.15, 0.2) is 11.4 Å². The van der Waals surface area contributed by atoms with Gasteiger partial charge in [-0.15, -0.1) is 5.10 Å². The summed E-state index contributed by atoms with van der Waals surface area (Å²) >= 11 is 0. The number of hydrogen-bond acceptors (Lipinski definition) is 6. The number of amides is 1. The van der Waals surface area contributed by atoms with Gasteiger partial charge in [-0.3, -0.25) is 18.9 Å².